The highest BCUT2D eigenvalue weighted by molar-refractivity contribution is 5.93. The Labute approximate surface area is 161 Å². The number of nitrogens with one attached hydrogen (secondary N) is 1. The highest BCUT2D eigenvalue weighted by Crippen LogP contribution is 2.32. The van der Waals surface area contributed by atoms with E-state index in [-0.39, 0.29) is 36.1 Å². The maximum Gasteiger partial charge on any atom is 0.231 e. The highest BCUT2D eigenvalue weighted by atomic mass is 35.5. The third-order valence-corrected chi connectivity index (χ3v) is 3.51. The predicted molar refractivity (Wildman–Crippen MR) is 108 cm³/mol. The molecule has 0 bridgehead atoms. The molecule has 1 aliphatic rings. The van der Waals surface area contributed by atoms with Gasteiger partial charge in [0.25, 0.3) is 0 Å². The van der Waals surface area contributed by atoms with Gasteiger partial charge in [0.1, 0.15) is 0 Å². The van der Waals surface area contributed by atoms with E-state index in [0.29, 0.717) is 12.5 Å². The van der Waals surface area contributed by atoms with E-state index in [1.54, 1.807) is 0 Å². The molecule has 0 aliphatic carbocycles. The van der Waals surface area contributed by atoms with Gasteiger partial charge in [0.15, 0.2) is 17.5 Å². The van der Waals surface area contributed by atoms with Gasteiger partial charge in [-0.2, -0.15) is 4.99 Å². The van der Waals surface area contributed by atoms with Crippen LogP contribution in [0.2, 0.25) is 0 Å². The Morgan fingerprint density at radius 3 is 2.38 bits per heavy atom. The van der Waals surface area contributed by atoms with E-state index in [1.807, 2.05) is 18.2 Å². The minimum Gasteiger partial charge on any atom is -0.454 e. The fourth-order valence-corrected chi connectivity index (χ4v) is 3.10. The van der Waals surface area contributed by atoms with Gasteiger partial charge < -0.3 is 26.3 Å². The molecule has 0 aromatic heterocycles. The minimum absolute atomic E-state index is 0. The molecule has 0 unspecified atom stereocenters. The summed E-state index contributed by atoms with van der Waals surface area (Å²) in [6.45, 7) is 11.5. The molecule has 1 aromatic rings. The first-order valence-electron chi connectivity index (χ1n) is 8.35. The van der Waals surface area contributed by atoms with Crippen LogP contribution < -0.4 is 26.3 Å². The van der Waals surface area contributed by atoms with Crippen LogP contribution >= 0.6 is 12.4 Å². The maximum atomic E-state index is 5.55. The van der Waals surface area contributed by atoms with Gasteiger partial charge in [-0.1, -0.05) is 26.8 Å². The van der Waals surface area contributed by atoms with Gasteiger partial charge in [0.05, 0.1) is 6.54 Å². The van der Waals surface area contributed by atoms with E-state index in [0.717, 1.165) is 23.5 Å². The Balaban J connectivity index is 0.00000338. The van der Waals surface area contributed by atoms with E-state index >= 15 is 0 Å². The summed E-state index contributed by atoms with van der Waals surface area (Å²) < 4.78 is 10.7. The second kappa shape index (κ2) is 8.49. The third-order valence-electron chi connectivity index (χ3n) is 3.51. The Kier molecular flexibility index (Phi) is 7.15. The first kappa shape index (κ1) is 21.9. The fourth-order valence-electron chi connectivity index (χ4n) is 3.10. The lowest BCUT2D eigenvalue weighted by Gasteiger charge is -2.33. The Morgan fingerprint density at radius 2 is 1.77 bits per heavy atom. The third kappa shape index (κ3) is 7.00. The van der Waals surface area contributed by atoms with Crippen LogP contribution in [0.1, 0.15) is 46.6 Å². The number of ether oxygens (including phenoxy) is 2. The highest BCUT2D eigenvalue weighted by Gasteiger charge is 2.26. The van der Waals surface area contributed by atoms with E-state index in [1.165, 1.54) is 0 Å². The van der Waals surface area contributed by atoms with Crippen LogP contribution in [-0.2, 0) is 6.54 Å². The second-order valence-electron chi connectivity index (χ2n) is 8.11. The molecule has 0 atom stereocenters. The molecular weight excluding hydrogens is 354 g/mol. The lowest BCUT2D eigenvalue weighted by atomic mass is 9.82. The number of fused-ring (bicyclic) bond motifs is 1. The molecule has 0 spiro atoms. The zero-order valence-corrected chi connectivity index (χ0v) is 16.9. The number of nitrogens with zero attached hydrogens (tertiary/aromatic N) is 2. The van der Waals surface area contributed by atoms with Crippen molar-refractivity contribution < 1.29 is 9.47 Å². The van der Waals surface area contributed by atoms with Gasteiger partial charge in [-0.3, -0.25) is 0 Å². The molecule has 8 heteroatoms. The summed E-state index contributed by atoms with van der Waals surface area (Å²) in [5.41, 5.74) is 12.1. The normalized spacial score (nSPS) is 13.8. The van der Waals surface area contributed by atoms with Gasteiger partial charge in [-0.05, 0) is 43.4 Å². The van der Waals surface area contributed by atoms with E-state index in [4.69, 9.17) is 20.9 Å². The summed E-state index contributed by atoms with van der Waals surface area (Å²) in [5.74, 6) is 1.88. The molecular formula is C18H30ClN5O2. The summed E-state index contributed by atoms with van der Waals surface area (Å²) in [6.07, 6.45) is 0.934. The van der Waals surface area contributed by atoms with Crippen LogP contribution in [0.4, 0.5) is 0 Å². The number of guanidine groups is 2. The smallest absolute Gasteiger partial charge is 0.231 e. The first-order chi connectivity index (χ1) is 11.5. The molecule has 5 N–H and O–H groups in total. The molecule has 1 heterocycles. The lowest BCUT2D eigenvalue weighted by molar-refractivity contribution is 0.174. The summed E-state index contributed by atoms with van der Waals surface area (Å²) in [5, 5.41) is 3.35. The van der Waals surface area contributed by atoms with Crippen LogP contribution in [0.15, 0.2) is 28.2 Å². The predicted octanol–water partition coefficient (Wildman–Crippen LogP) is 2.77. The Bertz CT molecular complexity index is 677. The monoisotopic (exact) mass is 383 g/mol. The van der Waals surface area contributed by atoms with Gasteiger partial charge in [0, 0.05) is 5.54 Å². The number of benzene rings is 1. The average molecular weight is 384 g/mol. The quantitative estimate of drug-likeness (QED) is 0.547. The summed E-state index contributed by atoms with van der Waals surface area (Å²) in [6, 6.07) is 5.74. The summed E-state index contributed by atoms with van der Waals surface area (Å²) >= 11 is 0. The van der Waals surface area contributed by atoms with Crippen LogP contribution in [0.5, 0.6) is 11.5 Å². The van der Waals surface area contributed by atoms with E-state index in [9.17, 15) is 0 Å². The summed E-state index contributed by atoms with van der Waals surface area (Å²) in [4.78, 5) is 8.67. The number of halogens is 1. The number of rotatable bonds is 4. The topological polar surface area (TPSA) is 107 Å². The first-order valence-corrected chi connectivity index (χ1v) is 8.35. The maximum absolute atomic E-state index is 5.55. The molecule has 0 amide bonds. The van der Waals surface area contributed by atoms with Crippen molar-refractivity contribution >= 4 is 24.3 Å². The molecule has 0 saturated carbocycles. The number of hydrogen-bond donors (Lipinski definition) is 3. The van der Waals surface area contributed by atoms with Crippen LogP contribution in [0, 0.1) is 5.41 Å². The zero-order chi connectivity index (χ0) is 18.7. The molecule has 0 saturated heterocycles. The zero-order valence-electron chi connectivity index (χ0n) is 16.1. The molecule has 146 valence electrons. The largest absolute Gasteiger partial charge is 0.454 e. The van der Waals surface area contributed by atoms with Crippen molar-refractivity contribution in [1.82, 2.24) is 5.32 Å². The van der Waals surface area contributed by atoms with Crippen molar-refractivity contribution in [2.24, 2.45) is 26.9 Å². The Morgan fingerprint density at radius 1 is 1.12 bits per heavy atom. The number of hydrogen-bond acceptors (Lipinski definition) is 3. The van der Waals surface area contributed by atoms with Crippen molar-refractivity contribution in [1.29, 1.82) is 0 Å². The van der Waals surface area contributed by atoms with Crippen molar-refractivity contribution in [3.63, 3.8) is 0 Å². The molecule has 1 aliphatic heterocycles. The minimum atomic E-state index is -0.203. The fraction of sp³-hybridized carbons (Fsp3) is 0.556. The molecule has 7 nitrogen and oxygen atoms in total. The molecule has 2 rings (SSSR count). The Hall–Kier alpha value is -2.15. The van der Waals surface area contributed by atoms with Gasteiger partial charge in [-0.25, -0.2) is 4.99 Å². The van der Waals surface area contributed by atoms with Gasteiger partial charge in [0.2, 0.25) is 12.8 Å². The van der Waals surface area contributed by atoms with E-state index in [2.05, 4.69) is 49.9 Å². The van der Waals surface area contributed by atoms with Crippen LogP contribution in [0.25, 0.3) is 0 Å². The molecule has 1 aromatic carbocycles. The number of nitrogens with two attached hydrogens (primary N) is 2. The number of aliphatic imine (C=N–C) groups is 2. The van der Waals surface area contributed by atoms with Crippen LogP contribution in [0.3, 0.4) is 0 Å². The van der Waals surface area contributed by atoms with Crippen molar-refractivity contribution in [2.45, 2.75) is 53.1 Å². The van der Waals surface area contributed by atoms with Crippen LogP contribution in [-0.4, -0.2) is 24.3 Å². The van der Waals surface area contributed by atoms with Crippen molar-refractivity contribution in [3.05, 3.63) is 23.8 Å². The van der Waals surface area contributed by atoms with Crippen molar-refractivity contribution in [3.8, 4) is 11.5 Å². The molecule has 0 fully saturated rings. The van der Waals surface area contributed by atoms with Gasteiger partial charge >= 0.3 is 0 Å². The molecule has 0 radical (unpaired) electrons. The average Bonchev–Trinajstić information content (AvgIpc) is 2.88. The summed E-state index contributed by atoms with van der Waals surface area (Å²) in [7, 11) is 0. The van der Waals surface area contributed by atoms with E-state index < -0.39 is 0 Å². The standard InChI is InChI=1S/C18H29N5O2.ClH/c1-17(2,3)10-18(4,5)23-16(22-15(19)20)21-9-12-6-7-13-14(8-12)25-11-24-13;/h6-8H,9-11H2,1-5H3,(H5,19,20,21,22,23);1H. The van der Waals surface area contributed by atoms with Gasteiger partial charge in [-0.15, -0.1) is 12.4 Å². The lowest BCUT2D eigenvalue weighted by Crippen LogP contribution is -2.46. The van der Waals surface area contributed by atoms with Crippen molar-refractivity contribution in [2.75, 3.05) is 6.79 Å². The second-order valence-corrected chi connectivity index (χ2v) is 8.11. The SMILES string of the molecule is CC(C)(C)CC(C)(C)NC(N=C(N)N)=NCc1ccc2c(c1)OCO2.Cl. The molecule has 26 heavy (non-hydrogen) atoms.